The van der Waals surface area contributed by atoms with E-state index in [0.717, 1.165) is 25.7 Å². The largest absolute Gasteiger partial charge is 0.452 e. The number of likely N-dealkylation sites (N-methyl/N-ethyl adjacent to an activating group) is 1. The Morgan fingerprint density at radius 2 is 2.00 bits per heavy atom. The third-order valence-corrected chi connectivity index (χ3v) is 4.64. The lowest BCUT2D eigenvalue weighted by Gasteiger charge is -2.33. The van der Waals surface area contributed by atoms with E-state index in [4.69, 9.17) is 4.74 Å². The maximum Gasteiger partial charge on any atom is 0.341 e. The Morgan fingerprint density at radius 1 is 1.30 bits per heavy atom. The molecule has 1 saturated carbocycles. The maximum atomic E-state index is 13.6. The van der Waals surface area contributed by atoms with Gasteiger partial charge in [0.15, 0.2) is 6.61 Å². The van der Waals surface area contributed by atoms with Gasteiger partial charge < -0.3 is 9.64 Å². The van der Waals surface area contributed by atoms with Crippen LogP contribution in [0.5, 0.6) is 0 Å². The van der Waals surface area contributed by atoms with Gasteiger partial charge in [0.05, 0.1) is 5.56 Å². The van der Waals surface area contributed by atoms with Gasteiger partial charge >= 0.3 is 5.97 Å². The zero-order chi connectivity index (χ0) is 16.8. The average molecular weight is 386 g/mol. The van der Waals surface area contributed by atoms with Gasteiger partial charge in [-0.05, 0) is 38.0 Å². The summed E-state index contributed by atoms with van der Waals surface area (Å²) in [5, 5.41) is 0. The summed E-state index contributed by atoms with van der Waals surface area (Å²) in [6, 6.07) is 4.26. The molecule has 0 aliphatic heterocycles. The van der Waals surface area contributed by atoms with Crippen molar-refractivity contribution < 1.29 is 18.7 Å². The molecule has 1 aromatic carbocycles. The lowest BCUT2D eigenvalue weighted by atomic mass is 9.94. The van der Waals surface area contributed by atoms with Crippen LogP contribution >= 0.6 is 15.9 Å². The van der Waals surface area contributed by atoms with Crippen LogP contribution in [0.3, 0.4) is 0 Å². The van der Waals surface area contributed by atoms with E-state index in [-0.39, 0.29) is 24.1 Å². The van der Waals surface area contributed by atoms with Crippen molar-refractivity contribution in [1.82, 2.24) is 4.90 Å². The third kappa shape index (κ3) is 4.77. The molecule has 23 heavy (non-hydrogen) atoms. The van der Waals surface area contributed by atoms with Gasteiger partial charge in [-0.15, -0.1) is 0 Å². The Kier molecular flexibility index (Phi) is 6.57. The zero-order valence-electron chi connectivity index (χ0n) is 13.2. The van der Waals surface area contributed by atoms with Gasteiger partial charge in [0.25, 0.3) is 5.91 Å². The van der Waals surface area contributed by atoms with Gasteiger partial charge in [-0.25, -0.2) is 9.18 Å². The molecule has 4 nitrogen and oxygen atoms in total. The lowest BCUT2D eigenvalue weighted by Crippen LogP contribution is -2.43. The second kappa shape index (κ2) is 8.43. The van der Waals surface area contributed by atoms with Gasteiger partial charge in [-0.1, -0.05) is 35.2 Å². The number of carbonyl (C=O) groups is 2. The molecule has 0 bridgehead atoms. The van der Waals surface area contributed by atoms with Gasteiger partial charge in [-0.3, -0.25) is 4.79 Å². The van der Waals surface area contributed by atoms with Crippen LogP contribution in [0.4, 0.5) is 4.39 Å². The number of benzene rings is 1. The number of nitrogens with zero attached hydrogens (tertiary/aromatic N) is 1. The third-order valence-electron chi connectivity index (χ3n) is 4.15. The monoisotopic (exact) mass is 385 g/mol. The predicted molar refractivity (Wildman–Crippen MR) is 88.6 cm³/mol. The minimum Gasteiger partial charge on any atom is -0.452 e. The summed E-state index contributed by atoms with van der Waals surface area (Å²) < 4.78 is 19.2. The second-order valence-corrected chi connectivity index (χ2v) is 6.59. The molecule has 2 rings (SSSR count). The van der Waals surface area contributed by atoms with Crippen molar-refractivity contribution in [2.24, 2.45) is 0 Å². The topological polar surface area (TPSA) is 46.6 Å². The van der Waals surface area contributed by atoms with Crippen molar-refractivity contribution in [3.63, 3.8) is 0 Å². The van der Waals surface area contributed by atoms with Crippen LogP contribution in [0.25, 0.3) is 0 Å². The predicted octanol–water partition coefficient (Wildman–Crippen LogP) is 3.93. The standard InChI is InChI=1S/C17H21BrFNO3/c1-2-20(13-6-4-3-5-7-13)16(21)11-23-17(22)14-10-12(18)8-9-15(14)19/h8-10,13H,2-7,11H2,1H3. The van der Waals surface area contributed by atoms with Crippen LogP contribution in [0, 0.1) is 5.82 Å². The summed E-state index contributed by atoms with van der Waals surface area (Å²) in [7, 11) is 0. The average Bonchev–Trinajstić information content (AvgIpc) is 2.56. The molecule has 0 radical (unpaired) electrons. The van der Waals surface area contributed by atoms with E-state index in [2.05, 4.69) is 15.9 Å². The minimum absolute atomic E-state index is 0.173. The lowest BCUT2D eigenvalue weighted by molar-refractivity contribution is -0.137. The molecule has 126 valence electrons. The quantitative estimate of drug-likeness (QED) is 0.721. The highest BCUT2D eigenvalue weighted by Crippen LogP contribution is 2.23. The smallest absolute Gasteiger partial charge is 0.341 e. The van der Waals surface area contributed by atoms with Crippen molar-refractivity contribution >= 4 is 27.8 Å². The molecule has 1 fully saturated rings. The SMILES string of the molecule is CCN(C(=O)COC(=O)c1cc(Br)ccc1F)C1CCCCC1. The number of carbonyl (C=O) groups excluding carboxylic acids is 2. The van der Waals surface area contributed by atoms with Crippen molar-refractivity contribution in [1.29, 1.82) is 0 Å². The number of ether oxygens (including phenoxy) is 1. The van der Waals surface area contributed by atoms with E-state index in [0.29, 0.717) is 11.0 Å². The minimum atomic E-state index is -0.822. The number of hydrogen-bond acceptors (Lipinski definition) is 3. The molecule has 1 aliphatic rings. The number of rotatable bonds is 5. The fourth-order valence-electron chi connectivity index (χ4n) is 2.97. The Bertz CT molecular complexity index is 573. The molecule has 0 heterocycles. The zero-order valence-corrected chi connectivity index (χ0v) is 14.8. The van der Waals surface area contributed by atoms with Crippen molar-refractivity contribution in [2.75, 3.05) is 13.2 Å². The summed E-state index contributed by atoms with van der Waals surface area (Å²) in [6.07, 6.45) is 5.44. The van der Waals surface area contributed by atoms with E-state index >= 15 is 0 Å². The molecular formula is C17H21BrFNO3. The molecule has 1 amide bonds. The van der Waals surface area contributed by atoms with Crippen LogP contribution < -0.4 is 0 Å². The summed E-state index contributed by atoms with van der Waals surface area (Å²) in [4.78, 5) is 26.0. The highest BCUT2D eigenvalue weighted by atomic mass is 79.9. The highest BCUT2D eigenvalue weighted by Gasteiger charge is 2.25. The van der Waals surface area contributed by atoms with Gasteiger partial charge in [0, 0.05) is 17.1 Å². The fraction of sp³-hybridized carbons (Fsp3) is 0.529. The van der Waals surface area contributed by atoms with Crippen LogP contribution in [-0.2, 0) is 9.53 Å². The Balaban J connectivity index is 1.94. The Hall–Kier alpha value is -1.43. The number of amides is 1. The molecule has 1 aliphatic carbocycles. The van der Waals surface area contributed by atoms with E-state index in [9.17, 15) is 14.0 Å². The summed E-state index contributed by atoms with van der Waals surface area (Å²) in [5.41, 5.74) is -0.173. The second-order valence-electron chi connectivity index (χ2n) is 5.67. The fourth-order valence-corrected chi connectivity index (χ4v) is 3.33. The van der Waals surface area contributed by atoms with Crippen LogP contribution in [0.2, 0.25) is 0 Å². The first-order valence-electron chi connectivity index (χ1n) is 7.94. The number of esters is 1. The molecule has 6 heteroatoms. The van der Waals surface area contributed by atoms with E-state index in [1.807, 2.05) is 6.92 Å². The van der Waals surface area contributed by atoms with Crippen molar-refractivity contribution in [2.45, 2.75) is 45.1 Å². The first kappa shape index (κ1) is 17.9. The number of halogens is 2. The molecule has 0 unspecified atom stereocenters. The first-order chi connectivity index (χ1) is 11.0. The van der Waals surface area contributed by atoms with E-state index in [1.54, 1.807) is 4.90 Å². The van der Waals surface area contributed by atoms with Crippen molar-refractivity contribution in [3.05, 3.63) is 34.1 Å². The molecular weight excluding hydrogens is 365 g/mol. The van der Waals surface area contributed by atoms with E-state index in [1.165, 1.54) is 24.6 Å². The van der Waals surface area contributed by atoms with Crippen LogP contribution in [-0.4, -0.2) is 36.0 Å². The van der Waals surface area contributed by atoms with Gasteiger partial charge in [0.1, 0.15) is 5.82 Å². The Labute approximate surface area is 144 Å². The van der Waals surface area contributed by atoms with Crippen LogP contribution in [0.15, 0.2) is 22.7 Å². The summed E-state index contributed by atoms with van der Waals surface area (Å²) in [5.74, 6) is -1.70. The van der Waals surface area contributed by atoms with Crippen molar-refractivity contribution in [3.8, 4) is 0 Å². The Morgan fingerprint density at radius 3 is 2.65 bits per heavy atom. The van der Waals surface area contributed by atoms with Gasteiger partial charge in [-0.2, -0.15) is 0 Å². The normalized spacial score (nSPS) is 15.3. The molecule has 0 N–H and O–H groups in total. The molecule has 0 aromatic heterocycles. The van der Waals surface area contributed by atoms with Gasteiger partial charge in [0.2, 0.25) is 0 Å². The molecule has 0 saturated heterocycles. The first-order valence-corrected chi connectivity index (χ1v) is 8.74. The maximum absolute atomic E-state index is 13.6. The number of hydrogen-bond donors (Lipinski definition) is 0. The van der Waals surface area contributed by atoms with Crippen LogP contribution in [0.1, 0.15) is 49.4 Å². The summed E-state index contributed by atoms with van der Waals surface area (Å²) >= 11 is 3.18. The molecule has 1 aromatic rings. The molecule has 0 atom stereocenters. The molecule has 0 spiro atoms. The summed E-state index contributed by atoms with van der Waals surface area (Å²) in [6.45, 7) is 2.16. The highest BCUT2D eigenvalue weighted by molar-refractivity contribution is 9.10. The van der Waals surface area contributed by atoms with E-state index < -0.39 is 11.8 Å².